The number of phenols is 2. The van der Waals surface area contributed by atoms with Gasteiger partial charge in [0.1, 0.15) is 10.6 Å². The molecule has 3 rings (SSSR count). The molecule has 26 heavy (non-hydrogen) atoms. The first-order valence-electron chi connectivity index (χ1n) is 7.31. The van der Waals surface area contributed by atoms with E-state index in [0.29, 0.717) is 16.1 Å². The molecule has 1 heterocycles. The van der Waals surface area contributed by atoms with Crippen LogP contribution in [0.5, 0.6) is 11.5 Å². The van der Waals surface area contributed by atoms with E-state index in [9.17, 15) is 24.9 Å². The summed E-state index contributed by atoms with van der Waals surface area (Å²) in [7, 11) is 0. The van der Waals surface area contributed by atoms with Gasteiger partial charge in [0, 0.05) is 16.0 Å². The van der Waals surface area contributed by atoms with Gasteiger partial charge < -0.3 is 20.6 Å². The number of amides is 1. The molecule has 1 amide bonds. The Morgan fingerprint density at radius 2 is 1.73 bits per heavy atom. The maximum atomic E-state index is 12.4. The van der Waals surface area contributed by atoms with Crippen molar-refractivity contribution in [3.63, 3.8) is 0 Å². The first kappa shape index (κ1) is 17.8. The van der Waals surface area contributed by atoms with Crippen molar-refractivity contribution in [3.8, 4) is 22.6 Å². The van der Waals surface area contributed by atoms with E-state index in [1.807, 2.05) is 0 Å². The number of hydrogen-bond acceptors (Lipinski definition) is 5. The van der Waals surface area contributed by atoms with E-state index in [1.54, 1.807) is 29.6 Å². The van der Waals surface area contributed by atoms with Crippen LogP contribution in [0.1, 0.15) is 20.7 Å². The van der Waals surface area contributed by atoms with E-state index in [-0.39, 0.29) is 16.1 Å². The number of benzene rings is 2. The van der Waals surface area contributed by atoms with E-state index in [2.05, 4.69) is 5.32 Å². The second kappa shape index (κ2) is 7.07. The standard InChI is InChI=1S/C18H12ClNO5S/c19-10-6-4-9(5-7-10)12-8-26-17(14(12)18(24)25)20-16(23)11-2-1-3-13(21)15(11)22/h1-8,21-22H,(H,20,23)(H,24,25). The highest BCUT2D eigenvalue weighted by Gasteiger charge is 2.23. The number of carbonyl (C=O) groups is 2. The molecule has 0 saturated heterocycles. The predicted octanol–water partition coefficient (Wildman–Crippen LogP) is 4.43. The minimum absolute atomic E-state index is 0.0645. The molecule has 1 aromatic heterocycles. The Hall–Kier alpha value is -3.03. The fraction of sp³-hybridized carbons (Fsp3) is 0. The number of nitrogens with one attached hydrogen (secondary N) is 1. The molecule has 8 heteroatoms. The van der Waals surface area contributed by atoms with Gasteiger partial charge in [0.15, 0.2) is 11.5 Å². The second-order valence-electron chi connectivity index (χ2n) is 5.29. The summed E-state index contributed by atoms with van der Waals surface area (Å²) in [6, 6.07) is 10.6. The van der Waals surface area contributed by atoms with Crippen LogP contribution in [-0.2, 0) is 0 Å². The molecule has 0 aliphatic rings. The molecule has 0 unspecified atom stereocenters. The molecule has 0 aliphatic carbocycles. The van der Waals surface area contributed by atoms with Crippen molar-refractivity contribution >= 4 is 39.8 Å². The first-order chi connectivity index (χ1) is 12.4. The topological polar surface area (TPSA) is 107 Å². The number of rotatable bonds is 4. The molecular weight excluding hydrogens is 378 g/mol. The van der Waals surface area contributed by atoms with Crippen LogP contribution >= 0.6 is 22.9 Å². The third-order valence-electron chi connectivity index (χ3n) is 3.65. The van der Waals surface area contributed by atoms with Crippen molar-refractivity contribution < 1.29 is 24.9 Å². The normalized spacial score (nSPS) is 10.5. The van der Waals surface area contributed by atoms with E-state index in [4.69, 9.17) is 11.6 Å². The van der Waals surface area contributed by atoms with Gasteiger partial charge in [0.2, 0.25) is 0 Å². The Morgan fingerprint density at radius 3 is 2.38 bits per heavy atom. The number of carbonyl (C=O) groups excluding carboxylic acids is 1. The Bertz CT molecular complexity index is 997. The van der Waals surface area contributed by atoms with Crippen LogP contribution in [0.3, 0.4) is 0 Å². The summed E-state index contributed by atoms with van der Waals surface area (Å²) in [5, 5.41) is 33.6. The summed E-state index contributed by atoms with van der Waals surface area (Å²) in [4.78, 5) is 24.1. The quantitative estimate of drug-likeness (QED) is 0.494. The van der Waals surface area contributed by atoms with Gasteiger partial charge in [-0.25, -0.2) is 4.79 Å². The van der Waals surface area contributed by atoms with Gasteiger partial charge in [0.05, 0.1) is 5.56 Å². The molecule has 0 fully saturated rings. The van der Waals surface area contributed by atoms with E-state index in [0.717, 1.165) is 11.3 Å². The summed E-state index contributed by atoms with van der Waals surface area (Å²) in [5.74, 6) is -2.95. The lowest BCUT2D eigenvalue weighted by molar-refractivity contribution is 0.0699. The predicted molar refractivity (Wildman–Crippen MR) is 99.4 cm³/mol. The zero-order chi connectivity index (χ0) is 18.8. The van der Waals surface area contributed by atoms with Crippen molar-refractivity contribution in [2.45, 2.75) is 0 Å². The van der Waals surface area contributed by atoms with Crippen LogP contribution in [0.2, 0.25) is 5.02 Å². The number of thiophene rings is 1. The number of para-hydroxylation sites is 1. The Kier molecular flexibility index (Phi) is 4.83. The molecule has 0 spiro atoms. The van der Waals surface area contributed by atoms with E-state index < -0.39 is 23.4 Å². The molecule has 4 N–H and O–H groups in total. The van der Waals surface area contributed by atoms with Crippen molar-refractivity contribution in [2.24, 2.45) is 0 Å². The number of aromatic carboxylic acids is 1. The van der Waals surface area contributed by atoms with Crippen molar-refractivity contribution in [2.75, 3.05) is 5.32 Å². The Morgan fingerprint density at radius 1 is 1.04 bits per heavy atom. The number of carboxylic acids is 1. The molecule has 3 aromatic rings. The number of hydrogen-bond donors (Lipinski definition) is 4. The molecule has 0 radical (unpaired) electrons. The molecule has 6 nitrogen and oxygen atoms in total. The van der Waals surface area contributed by atoms with Crippen LogP contribution in [0.4, 0.5) is 5.00 Å². The average Bonchev–Trinajstić information content (AvgIpc) is 3.01. The summed E-state index contributed by atoms with van der Waals surface area (Å²) in [5.41, 5.74) is 0.853. The van der Waals surface area contributed by atoms with Crippen molar-refractivity contribution in [1.29, 1.82) is 0 Å². The molecule has 0 saturated carbocycles. The minimum atomic E-state index is -1.20. The number of halogens is 1. The molecular formula is C18H12ClNO5S. The zero-order valence-electron chi connectivity index (χ0n) is 13.1. The van der Waals surface area contributed by atoms with Crippen molar-refractivity contribution in [3.05, 3.63) is 64.0 Å². The SMILES string of the molecule is O=C(Nc1scc(-c2ccc(Cl)cc2)c1C(=O)O)c1cccc(O)c1O. The smallest absolute Gasteiger partial charge is 0.339 e. The summed E-state index contributed by atoms with van der Waals surface area (Å²) in [6.07, 6.45) is 0. The molecule has 0 atom stereocenters. The van der Waals surface area contributed by atoms with Gasteiger partial charge in [-0.15, -0.1) is 11.3 Å². The Labute approximate surface area is 156 Å². The average molecular weight is 390 g/mol. The maximum Gasteiger partial charge on any atom is 0.339 e. The minimum Gasteiger partial charge on any atom is -0.504 e. The third-order valence-corrected chi connectivity index (χ3v) is 4.79. The van der Waals surface area contributed by atoms with Crippen molar-refractivity contribution in [1.82, 2.24) is 0 Å². The van der Waals surface area contributed by atoms with Gasteiger partial charge in [-0.05, 0) is 29.8 Å². The summed E-state index contributed by atoms with van der Waals surface area (Å²) in [6.45, 7) is 0. The van der Waals surface area contributed by atoms with Gasteiger partial charge >= 0.3 is 5.97 Å². The largest absolute Gasteiger partial charge is 0.504 e. The lowest BCUT2D eigenvalue weighted by Gasteiger charge is -2.08. The highest BCUT2D eigenvalue weighted by atomic mass is 35.5. The van der Waals surface area contributed by atoms with Crippen LogP contribution in [0, 0.1) is 0 Å². The summed E-state index contributed by atoms with van der Waals surface area (Å²) >= 11 is 6.90. The summed E-state index contributed by atoms with van der Waals surface area (Å²) < 4.78 is 0. The number of phenolic OH excluding ortho intramolecular Hbond substituents is 2. The van der Waals surface area contributed by atoms with Gasteiger partial charge in [0.25, 0.3) is 5.91 Å². The fourth-order valence-corrected chi connectivity index (χ4v) is 3.47. The van der Waals surface area contributed by atoms with E-state index in [1.165, 1.54) is 18.2 Å². The lowest BCUT2D eigenvalue weighted by Crippen LogP contribution is -2.13. The van der Waals surface area contributed by atoms with Gasteiger partial charge in [-0.1, -0.05) is 29.8 Å². The third kappa shape index (κ3) is 3.35. The number of aromatic hydroxyl groups is 2. The highest BCUT2D eigenvalue weighted by molar-refractivity contribution is 7.15. The highest BCUT2D eigenvalue weighted by Crippen LogP contribution is 2.37. The fourth-order valence-electron chi connectivity index (χ4n) is 2.39. The first-order valence-corrected chi connectivity index (χ1v) is 8.57. The number of carboxylic acid groups (broad SMARTS) is 1. The van der Waals surface area contributed by atoms with Crippen LogP contribution < -0.4 is 5.32 Å². The van der Waals surface area contributed by atoms with Crippen LogP contribution in [-0.4, -0.2) is 27.2 Å². The monoisotopic (exact) mass is 389 g/mol. The molecule has 0 bridgehead atoms. The van der Waals surface area contributed by atoms with Gasteiger partial charge in [-0.3, -0.25) is 4.79 Å². The van der Waals surface area contributed by atoms with Gasteiger partial charge in [-0.2, -0.15) is 0 Å². The molecule has 0 aliphatic heterocycles. The number of anilines is 1. The lowest BCUT2D eigenvalue weighted by atomic mass is 10.0. The molecule has 2 aromatic carbocycles. The molecule has 132 valence electrons. The van der Waals surface area contributed by atoms with Crippen LogP contribution in [0.15, 0.2) is 47.8 Å². The zero-order valence-corrected chi connectivity index (χ0v) is 14.6. The van der Waals surface area contributed by atoms with E-state index >= 15 is 0 Å². The Balaban J connectivity index is 1.98. The maximum absolute atomic E-state index is 12.4. The second-order valence-corrected chi connectivity index (χ2v) is 6.61. The van der Waals surface area contributed by atoms with Crippen LogP contribution in [0.25, 0.3) is 11.1 Å².